The van der Waals surface area contributed by atoms with Crippen LogP contribution in [-0.2, 0) is 6.42 Å². The molecule has 6 heteroatoms. The predicted octanol–water partition coefficient (Wildman–Crippen LogP) is 3.44. The summed E-state index contributed by atoms with van der Waals surface area (Å²) in [7, 11) is 0. The van der Waals surface area contributed by atoms with Gasteiger partial charge >= 0.3 is 6.18 Å². The second-order valence-corrected chi connectivity index (χ2v) is 4.87. The van der Waals surface area contributed by atoms with Crippen LogP contribution >= 0.6 is 0 Å². The zero-order chi connectivity index (χ0) is 14.0. The highest BCUT2D eigenvalue weighted by Crippen LogP contribution is 2.32. The monoisotopic (exact) mass is 279 g/mol. The molecule has 0 saturated carbocycles. The third kappa shape index (κ3) is 3.65. The molecule has 0 spiro atoms. The molecular formula is C13H14F5N. The lowest BCUT2D eigenvalue weighted by Crippen LogP contribution is -2.45. The zero-order valence-electron chi connectivity index (χ0n) is 10.1. The van der Waals surface area contributed by atoms with E-state index in [1.165, 1.54) is 6.07 Å². The lowest BCUT2D eigenvalue weighted by Gasteiger charge is -2.31. The zero-order valence-corrected chi connectivity index (χ0v) is 10.1. The molecule has 106 valence electrons. The minimum Gasteiger partial charge on any atom is -0.313 e. The number of nitrogens with one attached hydrogen (secondary N) is 1. The van der Waals surface area contributed by atoms with Crippen molar-refractivity contribution in [3.8, 4) is 0 Å². The Morgan fingerprint density at radius 1 is 1.11 bits per heavy atom. The van der Waals surface area contributed by atoms with E-state index in [2.05, 4.69) is 5.32 Å². The summed E-state index contributed by atoms with van der Waals surface area (Å²) >= 11 is 0. The Hall–Kier alpha value is -1.17. The van der Waals surface area contributed by atoms with E-state index < -0.39 is 23.7 Å². The van der Waals surface area contributed by atoms with Crippen molar-refractivity contribution in [2.24, 2.45) is 5.92 Å². The number of benzene rings is 1. The molecular weight excluding hydrogens is 265 g/mol. The second kappa shape index (κ2) is 5.45. The molecule has 0 amide bonds. The van der Waals surface area contributed by atoms with Gasteiger partial charge in [-0.25, -0.2) is 8.78 Å². The van der Waals surface area contributed by atoms with Crippen molar-refractivity contribution >= 4 is 0 Å². The molecule has 1 N–H and O–H groups in total. The fraction of sp³-hybridized carbons (Fsp3) is 0.538. The van der Waals surface area contributed by atoms with Crippen molar-refractivity contribution < 1.29 is 22.0 Å². The quantitative estimate of drug-likeness (QED) is 0.818. The third-order valence-corrected chi connectivity index (χ3v) is 3.45. The molecule has 0 aliphatic carbocycles. The fourth-order valence-electron chi connectivity index (χ4n) is 2.32. The van der Waals surface area contributed by atoms with Crippen molar-refractivity contribution in [1.82, 2.24) is 5.32 Å². The van der Waals surface area contributed by atoms with Crippen LogP contribution in [0, 0.1) is 17.6 Å². The van der Waals surface area contributed by atoms with Crippen LogP contribution in [0.15, 0.2) is 18.2 Å². The van der Waals surface area contributed by atoms with Gasteiger partial charge in [0.25, 0.3) is 0 Å². The summed E-state index contributed by atoms with van der Waals surface area (Å²) in [6.07, 6.45) is -3.31. The van der Waals surface area contributed by atoms with Crippen LogP contribution in [0.1, 0.15) is 18.4 Å². The van der Waals surface area contributed by atoms with Gasteiger partial charge in [-0.1, -0.05) is 6.07 Å². The van der Waals surface area contributed by atoms with Gasteiger partial charge in [0, 0.05) is 12.6 Å². The van der Waals surface area contributed by atoms with Gasteiger partial charge in [-0.2, -0.15) is 13.2 Å². The SMILES string of the molecule is Fc1ccc(CC2CCC(C(F)(F)F)CN2)cc1F. The molecule has 2 rings (SSSR count). The first kappa shape index (κ1) is 14.2. The number of hydrogen-bond acceptors (Lipinski definition) is 1. The van der Waals surface area contributed by atoms with Crippen LogP contribution in [0.3, 0.4) is 0 Å². The molecule has 1 nitrogen and oxygen atoms in total. The largest absolute Gasteiger partial charge is 0.393 e. The van der Waals surface area contributed by atoms with Crippen LogP contribution in [0.5, 0.6) is 0 Å². The molecule has 0 radical (unpaired) electrons. The topological polar surface area (TPSA) is 12.0 Å². The summed E-state index contributed by atoms with van der Waals surface area (Å²) in [5.41, 5.74) is 0.585. The first-order chi connectivity index (χ1) is 8.86. The predicted molar refractivity (Wildman–Crippen MR) is 60.6 cm³/mol. The van der Waals surface area contributed by atoms with Crippen molar-refractivity contribution in [3.05, 3.63) is 35.4 Å². The summed E-state index contributed by atoms with van der Waals surface area (Å²) in [4.78, 5) is 0. The van der Waals surface area contributed by atoms with E-state index in [9.17, 15) is 22.0 Å². The van der Waals surface area contributed by atoms with Gasteiger partial charge < -0.3 is 5.32 Å². The van der Waals surface area contributed by atoms with E-state index in [1.807, 2.05) is 0 Å². The Balaban J connectivity index is 1.90. The molecule has 1 aliphatic rings. The summed E-state index contributed by atoms with van der Waals surface area (Å²) < 4.78 is 63.1. The fourth-order valence-corrected chi connectivity index (χ4v) is 2.32. The van der Waals surface area contributed by atoms with Gasteiger partial charge in [0.2, 0.25) is 0 Å². The van der Waals surface area contributed by atoms with E-state index in [0.29, 0.717) is 18.4 Å². The second-order valence-electron chi connectivity index (χ2n) is 4.87. The van der Waals surface area contributed by atoms with E-state index in [4.69, 9.17) is 0 Å². The smallest absolute Gasteiger partial charge is 0.313 e. The first-order valence-corrected chi connectivity index (χ1v) is 6.10. The highest BCUT2D eigenvalue weighted by atomic mass is 19.4. The third-order valence-electron chi connectivity index (χ3n) is 3.45. The van der Waals surface area contributed by atoms with E-state index in [-0.39, 0.29) is 19.0 Å². The molecule has 1 heterocycles. The molecule has 0 bridgehead atoms. The molecule has 1 aliphatic heterocycles. The van der Waals surface area contributed by atoms with Crippen molar-refractivity contribution in [2.75, 3.05) is 6.54 Å². The highest BCUT2D eigenvalue weighted by Gasteiger charge is 2.41. The molecule has 1 aromatic rings. The normalized spacial score (nSPS) is 24.5. The first-order valence-electron chi connectivity index (χ1n) is 6.10. The maximum Gasteiger partial charge on any atom is 0.393 e. The molecule has 1 saturated heterocycles. The van der Waals surface area contributed by atoms with Crippen LogP contribution in [-0.4, -0.2) is 18.8 Å². The number of halogens is 5. The van der Waals surface area contributed by atoms with Crippen molar-refractivity contribution in [2.45, 2.75) is 31.5 Å². The minimum atomic E-state index is -4.17. The minimum absolute atomic E-state index is 0.0742. The van der Waals surface area contributed by atoms with Crippen LogP contribution < -0.4 is 5.32 Å². The summed E-state index contributed by atoms with van der Waals surface area (Å²) in [5, 5.41) is 2.82. The molecule has 1 aromatic carbocycles. The molecule has 19 heavy (non-hydrogen) atoms. The lowest BCUT2D eigenvalue weighted by molar-refractivity contribution is -0.179. The van der Waals surface area contributed by atoms with Gasteiger partial charge in [0.1, 0.15) is 0 Å². The Bertz CT molecular complexity index is 435. The van der Waals surface area contributed by atoms with Gasteiger partial charge in [-0.15, -0.1) is 0 Å². The molecule has 2 atom stereocenters. The standard InChI is InChI=1S/C13H14F5N/c14-11-4-1-8(6-12(11)15)5-10-3-2-9(7-19-10)13(16,17)18/h1,4,6,9-10,19H,2-3,5,7H2. The Morgan fingerprint density at radius 2 is 1.84 bits per heavy atom. The summed E-state index contributed by atoms with van der Waals surface area (Å²) in [6, 6.07) is 3.46. The Labute approximate surface area is 107 Å². The summed E-state index contributed by atoms with van der Waals surface area (Å²) in [5.74, 6) is -3.16. The average molecular weight is 279 g/mol. The van der Waals surface area contributed by atoms with E-state index >= 15 is 0 Å². The Morgan fingerprint density at radius 3 is 2.37 bits per heavy atom. The molecule has 0 aromatic heterocycles. The number of piperidine rings is 1. The van der Waals surface area contributed by atoms with E-state index in [0.717, 1.165) is 12.1 Å². The van der Waals surface area contributed by atoms with Crippen molar-refractivity contribution in [3.63, 3.8) is 0 Å². The van der Waals surface area contributed by atoms with Gasteiger partial charge in [0.15, 0.2) is 11.6 Å². The van der Waals surface area contributed by atoms with E-state index in [1.54, 1.807) is 0 Å². The maximum atomic E-state index is 13.0. The lowest BCUT2D eigenvalue weighted by atomic mass is 9.91. The van der Waals surface area contributed by atoms with Crippen molar-refractivity contribution in [1.29, 1.82) is 0 Å². The van der Waals surface area contributed by atoms with Gasteiger partial charge in [0.05, 0.1) is 5.92 Å². The van der Waals surface area contributed by atoms with Crippen LogP contribution in [0.2, 0.25) is 0 Å². The summed E-state index contributed by atoms with van der Waals surface area (Å²) in [6.45, 7) is -0.113. The molecule has 1 fully saturated rings. The van der Waals surface area contributed by atoms with Gasteiger partial charge in [-0.3, -0.25) is 0 Å². The van der Waals surface area contributed by atoms with Crippen LogP contribution in [0.4, 0.5) is 22.0 Å². The average Bonchev–Trinajstić information content (AvgIpc) is 2.33. The highest BCUT2D eigenvalue weighted by molar-refractivity contribution is 5.19. The maximum absolute atomic E-state index is 13.0. The number of hydrogen-bond donors (Lipinski definition) is 1. The van der Waals surface area contributed by atoms with Crippen LogP contribution in [0.25, 0.3) is 0 Å². The molecule has 2 unspecified atom stereocenters. The Kier molecular flexibility index (Phi) is 4.08. The number of alkyl halides is 3. The number of rotatable bonds is 2. The van der Waals surface area contributed by atoms with Gasteiger partial charge in [-0.05, 0) is 37.0 Å².